The lowest BCUT2D eigenvalue weighted by Crippen LogP contribution is -2.65. The van der Waals surface area contributed by atoms with E-state index >= 15 is 0 Å². The second kappa shape index (κ2) is 15.8. The number of esters is 2. The molecule has 2 bridgehead atoms. The first-order valence-corrected chi connectivity index (χ1v) is 19.7. The summed E-state index contributed by atoms with van der Waals surface area (Å²) in [4.78, 5) is 65.9. The standard InChI is InChI=1S/C42H58BN3O12/c1-38(2,3)54-35(48)26-18-17-23(19-28(26)46(51)52)32(45-37(50)56-40(7,8)9)34(47)44-31(43-57-30-22-25-21-29(41(25,10)11)42(30,12)58-43)20-24-15-14-16-27(33(24)53-13)36(49)55-39(4,5)6/h14-19,25,29-32H,20-22H2,1-13H3,(H,44,47)(H,45,50)/t25-,29-,30+,31?,32?,42-/m0/s1. The van der Waals surface area contributed by atoms with E-state index in [4.69, 9.17) is 28.3 Å². The number of nitro benzene ring substituents is 1. The fourth-order valence-corrected chi connectivity index (χ4v) is 8.38. The SMILES string of the molecule is COc1c(CC(NC(=O)C(NC(=O)OC(C)(C)C)c2ccc(C(=O)OC(C)(C)C)c([N+](=O)[O-])c2)B2O[C@@H]3C[C@@H]4C[C@@H](C4(C)C)[C@]3(C)O2)cccc1C(=O)OC(C)(C)C. The van der Waals surface area contributed by atoms with Crippen LogP contribution in [0, 0.1) is 27.4 Å². The van der Waals surface area contributed by atoms with E-state index in [1.807, 2.05) is 6.92 Å². The second-order valence-corrected chi connectivity index (χ2v) is 19.3. The topological polar surface area (TPSA) is 191 Å². The van der Waals surface area contributed by atoms with Crippen molar-refractivity contribution in [2.75, 3.05) is 7.11 Å². The Morgan fingerprint density at radius 1 is 0.879 bits per heavy atom. The zero-order valence-electron chi connectivity index (χ0n) is 35.9. The third-order valence-corrected chi connectivity index (χ3v) is 11.1. The van der Waals surface area contributed by atoms with E-state index in [0.29, 0.717) is 11.5 Å². The average Bonchev–Trinajstić information content (AvgIpc) is 3.44. The molecule has 6 rings (SSSR count). The number of amides is 2. The summed E-state index contributed by atoms with van der Waals surface area (Å²) in [5.41, 5.74) is -3.59. The minimum absolute atomic E-state index is 0.0120. The number of carbonyl (C=O) groups is 4. The van der Waals surface area contributed by atoms with Crippen molar-refractivity contribution in [2.24, 2.45) is 17.3 Å². The van der Waals surface area contributed by atoms with Gasteiger partial charge in [-0.05, 0) is 129 Å². The Morgan fingerprint density at radius 2 is 1.48 bits per heavy atom. The molecular formula is C42H58BN3O12. The first-order valence-electron chi connectivity index (χ1n) is 19.7. The van der Waals surface area contributed by atoms with Gasteiger partial charge < -0.3 is 38.9 Å². The maximum Gasteiger partial charge on any atom is 0.482 e. The van der Waals surface area contributed by atoms with Crippen molar-refractivity contribution in [1.29, 1.82) is 0 Å². The monoisotopic (exact) mass is 807 g/mol. The third-order valence-electron chi connectivity index (χ3n) is 11.1. The van der Waals surface area contributed by atoms with E-state index in [2.05, 4.69) is 24.5 Å². The van der Waals surface area contributed by atoms with Crippen molar-refractivity contribution in [3.05, 3.63) is 68.8 Å². The molecule has 0 spiro atoms. The molecule has 0 radical (unpaired) electrons. The van der Waals surface area contributed by atoms with Crippen LogP contribution in [0.15, 0.2) is 36.4 Å². The zero-order chi connectivity index (χ0) is 43.3. The first-order chi connectivity index (χ1) is 26.6. The predicted molar refractivity (Wildman–Crippen MR) is 214 cm³/mol. The number of methoxy groups -OCH3 is 1. The normalized spacial score (nSPS) is 23.3. The van der Waals surface area contributed by atoms with Gasteiger partial charge in [-0.2, -0.15) is 0 Å². The summed E-state index contributed by atoms with van der Waals surface area (Å²) in [6, 6.07) is 7.04. The van der Waals surface area contributed by atoms with Crippen molar-refractivity contribution in [2.45, 2.75) is 143 Å². The van der Waals surface area contributed by atoms with Crippen LogP contribution in [0.25, 0.3) is 0 Å². The van der Waals surface area contributed by atoms with Gasteiger partial charge in [-0.25, -0.2) is 14.4 Å². The van der Waals surface area contributed by atoms with Gasteiger partial charge in [0.25, 0.3) is 5.69 Å². The highest BCUT2D eigenvalue weighted by Gasteiger charge is 2.68. The lowest BCUT2D eigenvalue weighted by molar-refractivity contribution is -0.385. The number of nitro groups is 1. The van der Waals surface area contributed by atoms with E-state index in [1.165, 1.54) is 19.2 Å². The fourth-order valence-electron chi connectivity index (χ4n) is 8.38. The van der Waals surface area contributed by atoms with E-state index < -0.39 is 76.1 Å². The number of alkyl carbamates (subject to hydrolysis) is 1. The van der Waals surface area contributed by atoms with Gasteiger partial charge in [0.15, 0.2) is 0 Å². The van der Waals surface area contributed by atoms with E-state index in [1.54, 1.807) is 80.5 Å². The summed E-state index contributed by atoms with van der Waals surface area (Å²) < 4.78 is 35.8. The van der Waals surface area contributed by atoms with Crippen LogP contribution >= 0.6 is 0 Å². The highest BCUT2D eigenvalue weighted by Crippen LogP contribution is 2.65. The first kappa shape index (κ1) is 44.4. The second-order valence-electron chi connectivity index (χ2n) is 19.3. The molecule has 4 fully saturated rings. The number of benzene rings is 2. The molecule has 316 valence electrons. The average molecular weight is 808 g/mol. The fraction of sp³-hybridized carbons (Fsp3) is 0.619. The van der Waals surface area contributed by atoms with Gasteiger partial charge in [0, 0.05) is 6.07 Å². The lowest BCUT2D eigenvalue weighted by Gasteiger charge is -2.64. The Hall–Kier alpha value is -4.70. The van der Waals surface area contributed by atoms with Crippen LogP contribution in [0.4, 0.5) is 10.5 Å². The van der Waals surface area contributed by atoms with Gasteiger partial charge in [-0.1, -0.05) is 32.0 Å². The lowest BCUT2D eigenvalue weighted by atomic mass is 9.43. The molecule has 1 heterocycles. The van der Waals surface area contributed by atoms with Crippen molar-refractivity contribution in [3.63, 3.8) is 0 Å². The van der Waals surface area contributed by atoms with Crippen molar-refractivity contribution < 1.29 is 52.4 Å². The highest BCUT2D eigenvalue weighted by molar-refractivity contribution is 6.48. The maximum atomic E-state index is 14.7. The molecule has 2 aromatic carbocycles. The summed E-state index contributed by atoms with van der Waals surface area (Å²) in [7, 11) is 0.442. The number of nitrogens with one attached hydrogen (secondary N) is 2. The Bertz CT molecular complexity index is 1950. The van der Waals surface area contributed by atoms with Crippen molar-refractivity contribution in [1.82, 2.24) is 10.6 Å². The van der Waals surface area contributed by atoms with E-state index in [-0.39, 0.29) is 46.3 Å². The van der Waals surface area contributed by atoms with E-state index in [9.17, 15) is 29.3 Å². The Balaban J connectivity index is 1.56. The predicted octanol–water partition coefficient (Wildman–Crippen LogP) is 7.07. The highest BCUT2D eigenvalue weighted by atomic mass is 16.7. The van der Waals surface area contributed by atoms with Crippen LogP contribution in [0.1, 0.15) is 134 Å². The molecule has 3 aliphatic carbocycles. The molecule has 3 saturated carbocycles. The van der Waals surface area contributed by atoms with Crippen LogP contribution in [0.5, 0.6) is 5.75 Å². The molecule has 2 unspecified atom stereocenters. The number of hydrogen-bond acceptors (Lipinski definition) is 12. The minimum Gasteiger partial charge on any atom is -0.496 e. The van der Waals surface area contributed by atoms with Crippen LogP contribution in [-0.4, -0.2) is 77.5 Å². The molecule has 2 N–H and O–H groups in total. The quantitative estimate of drug-likeness (QED) is 0.0773. The Labute approximate surface area is 340 Å². The zero-order valence-corrected chi connectivity index (χ0v) is 35.9. The van der Waals surface area contributed by atoms with Gasteiger partial charge in [0.2, 0.25) is 5.91 Å². The van der Waals surface area contributed by atoms with Crippen molar-refractivity contribution >= 4 is 36.7 Å². The number of para-hydroxylation sites is 1. The number of carbonyl (C=O) groups excluding carboxylic acids is 4. The molecule has 1 aliphatic heterocycles. The molecule has 4 aliphatic rings. The van der Waals surface area contributed by atoms with Gasteiger partial charge in [-0.15, -0.1) is 0 Å². The summed E-state index contributed by atoms with van der Waals surface area (Å²) in [6.07, 6.45) is 0.559. The van der Waals surface area contributed by atoms with E-state index in [0.717, 1.165) is 18.9 Å². The molecule has 1 saturated heterocycles. The summed E-state index contributed by atoms with van der Waals surface area (Å²) in [5.74, 6) is -2.39. The third kappa shape index (κ3) is 9.60. The van der Waals surface area contributed by atoms with Gasteiger partial charge >= 0.3 is 25.2 Å². The summed E-state index contributed by atoms with van der Waals surface area (Å²) in [5, 5.41) is 17.9. The molecule has 2 aromatic rings. The number of ether oxygens (including phenoxy) is 4. The largest absolute Gasteiger partial charge is 0.496 e. The van der Waals surface area contributed by atoms with Crippen molar-refractivity contribution in [3.8, 4) is 5.75 Å². The van der Waals surface area contributed by atoms with Gasteiger partial charge in [0.1, 0.15) is 39.7 Å². The van der Waals surface area contributed by atoms with Crippen LogP contribution in [-0.2, 0) is 34.7 Å². The Kier molecular flexibility index (Phi) is 12.1. The van der Waals surface area contributed by atoms with Crippen LogP contribution in [0.2, 0.25) is 0 Å². The molecule has 2 amide bonds. The van der Waals surface area contributed by atoms with Crippen LogP contribution in [0.3, 0.4) is 0 Å². The van der Waals surface area contributed by atoms with Gasteiger partial charge in [0.05, 0.1) is 29.7 Å². The molecule has 15 nitrogen and oxygen atoms in total. The molecule has 16 heteroatoms. The number of nitrogens with zero attached hydrogens (tertiary/aromatic N) is 1. The molecule has 58 heavy (non-hydrogen) atoms. The smallest absolute Gasteiger partial charge is 0.482 e. The molecule has 0 aromatic heterocycles. The number of rotatable bonds is 11. The van der Waals surface area contributed by atoms with Crippen LogP contribution < -0.4 is 15.4 Å². The van der Waals surface area contributed by atoms with Gasteiger partial charge in [-0.3, -0.25) is 14.9 Å². The summed E-state index contributed by atoms with van der Waals surface area (Å²) in [6.45, 7) is 21.6. The molecule has 6 atom stereocenters. The minimum atomic E-state index is -1.57. The number of hydrogen-bond donors (Lipinski definition) is 2. The molecular weight excluding hydrogens is 749 g/mol. The Morgan fingerprint density at radius 3 is 2.03 bits per heavy atom. The maximum absolute atomic E-state index is 14.7. The summed E-state index contributed by atoms with van der Waals surface area (Å²) >= 11 is 0.